The van der Waals surface area contributed by atoms with E-state index in [0.29, 0.717) is 19.4 Å². The number of hydrogen-bond acceptors (Lipinski definition) is 3. The van der Waals surface area contributed by atoms with Gasteiger partial charge in [-0.05, 0) is 26.2 Å². The van der Waals surface area contributed by atoms with E-state index in [-0.39, 0.29) is 23.6 Å². The molecule has 0 amide bonds. The highest BCUT2D eigenvalue weighted by molar-refractivity contribution is 5.85. The number of esters is 1. The molecule has 0 bridgehead atoms. The van der Waals surface area contributed by atoms with Crippen molar-refractivity contribution in [2.75, 3.05) is 6.61 Å². The standard InChI is InChI=1S/C13H24O3/c1-5-8-9-16-13(15)12(7-3)11(6-2)10(4)14/h11-12H,5-9H2,1-4H3. The molecule has 0 fully saturated rings. The monoisotopic (exact) mass is 228 g/mol. The summed E-state index contributed by atoms with van der Waals surface area (Å²) in [7, 11) is 0. The third-order valence-corrected chi connectivity index (χ3v) is 2.93. The molecule has 0 spiro atoms. The van der Waals surface area contributed by atoms with Gasteiger partial charge in [-0.3, -0.25) is 9.59 Å². The Kier molecular flexibility index (Phi) is 7.86. The molecule has 0 aromatic heterocycles. The molecule has 2 unspecified atom stereocenters. The lowest BCUT2D eigenvalue weighted by atomic mass is 9.85. The molecular weight excluding hydrogens is 204 g/mol. The van der Waals surface area contributed by atoms with E-state index in [1.165, 1.54) is 0 Å². The predicted molar refractivity (Wildman–Crippen MR) is 64.1 cm³/mol. The first-order valence-corrected chi connectivity index (χ1v) is 6.25. The van der Waals surface area contributed by atoms with E-state index in [9.17, 15) is 9.59 Å². The van der Waals surface area contributed by atoms with Gasteiger partial charge in [0.15, 0.2) is 0 Å². The Labute approximate surface area is 98.6 Å². The number of Topliss-reactive ketones (excluding diaryl/α,β-unsaturated/α-hetero) is 1. The van der Waals surface area contributed by atoms with Crippen LogP contribution in [0.4, 0.5) is 0 Å². The lowest BCUT2D eigenvalue weighted by Crippen LogP contribution is -2.29. The maximum atomic E-state index is 11.8. The second kappa shape index (κ2) is 8.31. The minimum Gasteiger partial charge on any atom is -0.465 e. The molecule has 0 aromatic carbocycles. The van der Waals surface area contributed by atoms with Crippen molar-refractivity contribution in [1.29, 1.82) is 0 Å². The average Bonchev–Trinajstić information content (AvgIpc) is 2.25. The number of hydrogen-bond donors (Lipinski definition) is 0. The number of rotatable bonds is 8. The summed E-state index contributed by atoms with van der Waals surface area (Å²) in [5, 5.41) is 0. The van der Waals surface area contributed by atoms with Gasteiger partial charge < -0.3 is 4.74 Å². The molecule has 3 heteroatoms. The molecule has 0 aromatic rings. The molecular formula is C13H24O3. The number of ether oxygens (including phenoxy) is 1. The summed E-state index contributed by atoms with van der Waals surface area (Å²) in [6.07, 6.45) is 3.27. The van der Waals surface area contributed by atoms with Crippen LogP contribution in [0.2, 0.25) is 0 Å². The largest absolute Gasteiger partial charge is 0.465 e. The van der Waals surface area contributed by atoms with Crippen LogP contribution in [0.5, 0.6) is 0 Å². The zero-order chi connectivity index (χ0) is 12.6. The molecule has 0 radical (unpaired) electrons. The first kappa shape index (κ1) is 15.1. The van der Waals surface area contributed by atoms with Crippen LogP contribution in [0.1, 0.15) is 53.4 Å². The van der Waals surface area contributed by atoms with Gasteiger partial charge in [0.2, 0.25) is 0 Å². The Morgan fingerprint density at radius 2 is 1.62 bits per heavy atom. The van der Waals surface area contributed by atoms with Crippen LogP contribution >= 0.6 is 0 Å². The highest BCUT2D eigenvalue weighted by atomic mass is 16.5. The molecule has 3 nitrogen and oxygen atoms in total. The molecule has 16 heavy (non-hydrogen) atoms. The fraction of sp³-hybridized carbons (Fsp3) is 0.846. The van der Waals surface area contributed by atoms with Gasteiger partial charge >= 0.3 is 5.97 Å². The summed E-state index contributed by atoms with van der Waals surface area (Å²) >= 11 is 0. The smallest absolute Gasteiger partial charge is 0.309 e. The van der Waals surface area contributed by atoms with Crippen LogP contribution in [0.15, 0.2) is 0 Å². The van der Waals surface area contributed by atoms with Gasteiger partial charge in [0.05, 0.1) is 12.5 Å². The molecule has 0 N–H and O–H groups in total. The first-order valence-electron chi connectivity index (χ1n) is 6.25. The lowest BCUT2D eigenvalue weighted by molar-refractivity contribution is -0.153. The Morgan fingerprint density at radius 1 is 1.06 bits per heavy atom. The molecule has 0 aliphatic carbocycles. The zero-order valence-electron chi connectivity index (χ0n) is 10.9. The number of carbonyl (C=O) groups is 2. The van der Waals surface area contributed by atoms with E-state index in [2.05, 4.69) is 6.92 Å². The van der Waals surface area contributed by atoms with E-state index in [0.717, 1.165) is 12.8 Å². The maximum absolute atomic E-state index is 11.8. The Balaban J connectivity index is 4.34. The summed E-state index contributed by atoms with van der Waals surface area (Å²) in [6.45, 7) is 7.94. The van der Waals surface area contributed by atoms with Crippen molar-refractivity contribution in [3.05, 3.63) is 0 Å². The number of carbonyl (C=O) groups excluding carboxylic acids is 2. The van der Waals surface area contributed by atoms with Crippen LogP contribution in [-0.4, -0.2) is 18.4 Å². The third-order valence-electron chi connectivity index (χ3n) is 2.93. The fourth-order valence-corrected chi connectivity index (χ4v) is 1.89. The third kappa shape index (κ3) is 4.77. The van der Waals surface area contributed by atoms with E-state index in [4.69, 9.17) is 4.74 Å². The molecule has 0 rings (SSSR count). The van der Waals surface area contributed by atoms with E-state index < -0.39 is 0 Å². The van der Waals surface area contributed by atoms with Gasteiger partial charge in [-0.25, -0.2) is 0 Å². The van der Waals surface area contributed by atoms with Crippen LogP contribution in [0.25, 0.3) is 0 Å². The maximum Gasteiger partial charge on any atom is 0.309 e. The van der Waals surface area contributed by atoms with Gasteiger partial charge in [0.1, 0.15) is 5.78 Å². The van der Waals surface area contributed by atoms with Crippen molar-refractivity contribution in [3.63, 3.8) is 0 Å². The molecule has 0 saturated heterocycles. The van der Waals surface area contributed by atoms with Crippen molar-refractivity contribution in [3.8, 4) is 0 Å². The Morgan fingerprint density at radius 3 is 2.00 bits per heavy atom. The summed E-state index contributed by atoms with van der Waals surface area (Å²) < 4.78 is 5.18. The lowest BCUT2D eigenvalue weighted by Gasteiger charge is -2.21. The van der Waals surface area contributed by atoms with Crippen molar-refractivity contribution in [2.24, 2.45) is 11.8 Å². The topological polar surface area (TPSA) is 43.4 Å². The van der Waals surface area contributed by atoms with Gasteiger partial charge in [0.25, 0.3) is 0 Å². The molecule has 0 saturated carbocycles. The molecule has 0 aliphatic rings. The minimum absolute atomic E-state index is 0.0850. The molecule has 0 heterocycles. The second-order valence-electron chi connectivity index (χ2n) is 4.16. The summed E-state index contributed by atoms with van der Waals surface area (Å²) in [6, 6.07) is 0. The van der Waals surface area contributed by atoms with Crippen LogP contribution in [0, 0.1) is 11.8 Å². The van der Waals surface area contributed by atoms with Crippen LogP contribution in [0.3, 0.4) is 0 Å². The van der Waals surface area contributed by atoms with Crippen LogP contribution < -0.4 is 0 Å². The van der Waals surface area contributed by atoms with Crippen molar-refractivity contribution < 1.29 is 14.3 Å². The number of unbranched alkanes of at least 4 members (excludes halogenated alkanes) is 1. The zero-order valence-corrected chi connectivity index (χ0v) is 10.9. The second-order valence-corrected chi connectivity index (χ2v) is 4.16. The summed E-state index contributed by atoms with van der Waals surface area (Å²) in [4.78, 5) is 23.2. The molecule has 2 atom stereocenters. The van der Waals surface area contributed by atoms with Crippen molar-refractivity contribution >= 4 is 11.8 Å². The first-order chi connectivity index (χ1) is 7.58. The van der Waals surface area contributed by atoms with Gasteiger partial charge in [-0.2, -0.15) is 0 Å². The predicted octanol–water partition coefficient (Wildman–Crippen LogP) is 2.97. The van der Waals surface area contributed by atoms with Gasteiger partial charge in [0, 0.05) is 5.92 Å². The van der Waals surface area contributed by atoms with Crippen LogP contribution in [-0.2, 0) is 14.3 Å². The van der Waals surface area contributed by atoms with Gasteiger partial charge in [-0.15, -0.1) is 0 Å². The quantitative estimate of drug-likeness (QED) is 0.474. The minimum atomic E-state index is -0.264. The SMILES string of the molecule is CCCCOC(=O)C(CC)C(CC)C(C)=O. The normalized spacial score (nSPS) is 14.2. The van der Waals surface area contributed by atoms with E-state index in [1.807, 2.05) is 13.8 Å². The van der Waals surface area contributed by atoms with E-state index >= 15 is 0 Å². The van der Waals surface area contributed by atoms with Crippen molar-refractivity contribution in [1.82, 2.24) is 0 Å². The Bertz CT molecular complexity index is 223. The average molecular weight is 228 g/mol. The molecule has 0 aliphatic heterocycles. The highest BCUT2D eigenvalue weighted by Gasteiger charge is 2.29. The fourth-order valence-electron chi connectivity index (χ4n) is 1.89. The number of ketones is 1. The Hall–Kier alpha value is -0.860. The van der Waals surface area contributed by atoms with Gasteiger partial charge in [-0.1, -0.05) is 27.2 Å². The van der Waals surface area contributed by atoms with E-state index in [1.54, 1.807) is 6.92 Å². The van der Waals surface area contributed by atoms with Crippen molar-refractivity contribution in [2.45, 2.75) is 53.4 Å². The highest BCUT2D eigenvalue weighted by Crippen LogP contribution is 2.22. The summed E-state index contributed by atoms with van der Waals surface area (Å²) in [5.74, 6) is -0.571. The summed E-state index contributed by atoms with van der Waals surface area (Å²) in [5.41, 5.74) is 0. The molecule has 94 valence electrons.